The van der Waals surface area contributed by atoms with Crippen molar-refractivity contribution in [1.82, 2.24) is 4.90 Å². The lowest BCUT2D eigenvalue weighted by atomic mass is 10.5. The summed E-state index contributed by atoms with van der Waals surface area (Å²) >= 11 is 0. The van der Waals surface area contributed by atoms with Gasteiger partial charge in [-0.15, -0.1) is 0 Å². The van der Waals surface area contributed by atoms with Gasteiger partial charge in [0.2, 0.25) is 0 Å². The van der Waals surface area contributed by atoms with Crippen molar-refractivity contribution in [3.63, 3.8) is 0 Å². The number of ether oxygens (including phenoxy) is 2. The van der Waals surface area contributed by atoms with Crippen LogP contribution in [0.5, 0.6) is 0 Å². The Morgan fingerprint density at radius 2 is 1.38 bits per heavy atom. The summed E-state index contributed by atoms with van der Waals surface area (Å²) in [5.41, 5.74) is 0. The average molecular weight is 325 g/mol. The quantitative estimate of drug-likeness (QED) is 0.341. The van der Waals surface area contributed by atoms with Crippen LogP contribution in [-0.4, -0.2) is 63.9 Å². The number of hydrogen-bond acceptors (Lipinski definition) is 6. The van der Waals surface area contributed by atoms with Crippen LogP contribution in [0.3, 0.4) is 0 Å². The first kappa shape index (κ1) is 21.0. The highest BCUT2D eigenvalue weighted by molar-refractivity contribution is 7.53. The Kier molecular flexibility index (Phi) is 13.7. The first-order chi connectivity index (χ1) is 10.1. The molecule has 0 radical (unpaired) electrons. The fourth-order valence-electron chi connectivity index (χ4n) is 1.72. The van der Waals surface area contributed by atoms with Gasteiger partial charge in [0.25, 0.3) is 0 Å². The number of rotatable bonds is 15. The average Bonchev–Trinajstić information content (AvgIpc) is 2.46. The summed E-state index contributed by atoms with van der Waals surface area (Å²) in [5, 5.41) is 0. The molecule has 6 nitrogen and oxygen atoms in total. The molecule has 0 aromatic heterocycles. The van der Waals surface area contributed by atoms with E-state index in [0.717, 1.165) is 6.42 Å². The number of hydrogen-bond donors (Lipinski definition) is 0. The van der Waals surface area contributed by atoms with E-state index in [1.54, 1.807) is 0 Å². The van der Waals surface area contributed by atoms with Gasteiger partial charge in [0.05, 0.1) is 26.4 Å². The topological polar surface area (TPSA) is 57.2 Å². The van der Waals surface area contributed by atoms with E-state index in [9.17, 15) is 4.57 Å². The molecule has 0 rings (SSSR count). The molecule has 0 aromatic carbocycles. The molecule has 0 saturated carbocycles. The first-order valence-electron chi connectivity index (χ1n) is 7.87. The Morgan fingerprint density at radius 3 is 1.81 bits per heavy atom. The van der Waals surface area contributed by atoms with E-state index in [2.05, 4.69) is 0 Å². The van der Waals surface area contributed by atoms with Crippen LogP contribution in [0.2, 0.25) is 0 Å². The third-order valence-corrected chi connectivity index (χ3v) is 4.68. The van der Waals surface area contributed by atoms with Crippen molar-refractivity contribution in [2.24, 2.45) is 0 Å². The molecular formula is C14H32NO5P. The van der Waals surface area contributed by atoms with Gasteiger partial charge in [-0.2, -0.15) is 0 Å². The molecule has 1 unspecified atom stereocenters. The smallest absolute Gasteiger partial charge is 0.344 e. The predicted octanol–water partition coefficient (Wildman–Crippen LogP) is 2.98. The van der Waals surface area contributed by atoms with Crippen LogP contribution in [0.4, 0.5) is 0 Å². The fraction of sp³-hybridized carbons (Fsp3) is 1.00. The lowest BCUT2D eigenvalue weighted by Crippen LogP contribution is -2.32. The standard InChI is InChI=1S/C14H32NO5P/c1-5-11-20-21(16,19-8-4)14-15(9-12-17-6-2)10-13-18-7-3/h5-14H2,1-4H3. The molecule has 21 heavy (non-hydrogen) atoms. The monoisotopic (exact) mass is 325 g/mol. The van der Waals surface area contributed by atoms with E-state index >= 15 is 0 Å². The van der Waals surface area contributed by atoms with Gasteiger partial charge < -0.3 is 18.5 Å². The second-order valence-electron chi connectivity index (χ2n) is 4.52. The van der Waals surface area contributed by atoms with Crippen molar-refractivity contribution in [2.75, 3.05) is 59.0 Å². The van der Waals surface area contributed by atoms with Crippen LogP contribution in [0.15, 0.2) is 0 Å². The highest BCUT2D eigenvalue weighted by Gasteiger charge is 2.27. The van der Waals surface area contributed by atoms with Crippen molar-refractivity contribution in [3.05, 3.63) is 0 Å². The summed E-state index contributed by atoms with van der Waals surface area (Å²) in [6.07, 6.45) is 1.09. The molecule has 0 aromatic rings. The second-order valence-corrected chi connectivity index (χ2v) is 6.54. The minimum absolute atomic E-state index is 0.279. The van der Waals surface area contributed by atoms with Crippen molar-refractivity contribution in [2.45, 2.75) is 34.1 Å². The Morgan fingerprint density at radius 1 is 0.810 bits per heavy atom. The zero-order chi connectivity index (χ0) is 16.0. The highest BCUT2D eigenvalue weighted by atomic mass is 31.2. The molecule has 0 spiro atoms. The number of nitrogens with zero attached hydrogens (tertiary/aromatic N) is 1. The summed E-state index contributed by atoms with van der Waals surface area (Å²) in [7, 11) is -3.07. The Balaban J connectivity index is 4.49. The van der Waals surface area contributed by atoms with E-state index in [1.807, 2.05) is 32.6 Å². The minimum atomic E-state index is -3.07. The normalized spacial score (nSPS) is 14.5. The highest BCUT2D eigenvalue weighted by Crippen LogP contribution is 2.48. The summed E-state index contributed by atoms with van der Waals surface area (Å²) in [6.45, 7) is 12.5. The van der Waals surface area contributed by atoms with Gasteiger partial charge in [-0.1, -0.05) is 6.92 Å². The molecule has 128 valence electrons. The van der Waals surface area contributed by atoms with Crippen LogP contribution in [-0.2, 0) is 23.1 Å². The molecular weight excluding hydrogens is 293 g/mol. The van der Waals surface area contributed by atoms with Crippen LogP contribution in [0.25, 0.3) is 0 Å². The molecule has 0 aliphatic carbocycles. The van der Waals surface area contributed by atoms with Crippen molar-refractivity contribution < 1.29 is 23.1 Å². The molecule has 0 aliphatic rings. The maximum Gasteiger partial charge on any atom is 0.344 e. The maximum absolute atomic E-state index is 12.7. The van der Waals surface area contributed by atoms with Crippen LogP contribution >= 0.6 is 7.60 Å². The van der Waals surface area contributed by atoms with Crippen molar-refractivity contribution >= 4 is 7.60 Å². The fourth-order valence-corrected chi connectivity index (χ4v) is 3.58. The molecule has 0 N–H and O–H groups in total. The van der Waals surface area contributed by atoms with Gasteiger partial charge in [-0.3, -0.25) is 9.46 Å². The molecule has 0 fully saturated rings. The lowest BCUT2D eigenvalue weighted by molar-refractivity contribution is 0.0852. The molecule has 7 heteroatoms. The van der Waals surface area contributed by atoms with Gasteiger partial charge >= 0.3 is 7.60 Å². The first-order valence-corrected chi connectivity index (χ1v) is 9.60. The van der Waals surface area contributed by atoms with Gasteiger partial charge in [-0.05, 0) is 27.2 Å². The SMILES string of the molecule is CCCOP(=O)(CN(CCOCC)CCOCC)OCC. The minimum Gasteiger partial charge on any atom is -0.380 e. The molecule has 0 heterocycles. The summed E-state index contributed by atoms with van der Waals surface area (Å²) in [4.78, 5) is 2.03. The van der Waals surface area contributed by atoms with Crippen molar-refractivity contribution in [3.8, 4) is 0 Å². The maximum atomic E-state index is 12.7. The van der Waals surface area contributed by atoms with Gasteiger partial charge in [-0.25, -0.2) is 0 Å². The van der Waals surface area contributed by atoms with E-state index in [4.69, 9.17) is 18.5 Å². The van der Waals surface area contributed by atoms with E-state index in [-0.39, 0.29) is 6.29 Å². The lowest BCUT2D eigenvalue weighted by Gasteiger charge is -2.26. The summed E-state index contributed by atoms with van der Waals surface area (Å²) in [5.74, 6) is 0. The molecule has 0 amide bonds. The predicted molar refractivity (Wildman–Crippen MR) is 84.9 cm³/mol. The van der Waals surface area contributed by atoms with Crippen molar-refractivity contribution in [1.29, 1.82) is 0 Å². The largest absolute Gasteiger partial charge is 0.380 e. The zero-order valence-corrected chi connectivity index (χ0v) is 14.9. The van der Waals surface area contributed by atoms with Crippen LogP contribution < -0.4 is 0 Å². The van der Waals surface area contributed by atoms with Crippen LogP contribution in [0.1, 0.15) is 34.1 Å². The second kappa shape index (κ2) is 13.7. The molecule has 0 aliphatic heterocycles. The Hall–Kier alpha value is 0.0300. The summed E-state index contributed by atoms with van der Waals surface area (Å²) in [6, 6.07) is 0. The Bertz CT molecular complexity index is 268. The van der Waals surface area contributed by atoms with Crippen LogP contribution in [0, 0.1) is 0 Å². The molecule has 0 bridgehead atoms. The molecule has 0 saturated heterocycles. The zero-order valence-electron chi connectivity index (χ0n) is 14.0. The Labute approximate surface area is 129 Å². The third kappa shape index (κ3) is 11.3. The summed E-state index contributed by atoms with van der Waals surface area (Å²) < 4.78 is 34.3. The van der Waals surface area contributed by atoms with E-state index < -0.39 is 7.60 Å². The van der Waals surface area contributed by atoms with E-state index in [0.29, 0.717) is 52.7 Å². The van der Waals surface area contributed by atoms with Gasteiger partial charge in [0.1, 0.15) is 6.29 Å². The third-order valence-electron chi connectivity index (χ3n) is 2.70. The molecule has 1 atom stereocenters. The van der Waals surface area contributed by atoms with Gasteiger partial charge in [0, 0.05) is 26.3 Å². The van der Waals surface area contributed by atoms with E-state index in [1.165, 1.54) is 0 Å². The van der Waals surface area contributed by atoms with Gasteiger partial charge in [0.15, 0.2) is 0 Å².